The Bertz CT molecular complexity index is 1130. The zero-order valence-electron chi connectivity index (χ0n) is 21.3. The Kier molecular flexibility index (Phi) is 12.8. The van der Waals surface area contributed by atoms with Gasteiger partial charge in [-0.1, -0.05) is 53.5 Å². The minimum atomic E-state index is -1.07. The van der Waals surface area contributed by atoms with Gasteiger partial charge in [-0.3, -0.25) is 9.59 Å². The summed E-state index contributed by atoms with van der Waals surface area (Å²) >= 11 is 12.9. The van der Waals surface area contributed by atoms with E-state index in [1.807, 2.05) is 13.1 Å². The molecule has 12 heteroatoms. The van der Waals surface area contributed by atoms with Crippen molar-refractivity contribution in [2.24, 2.45) is 0 Å². The van der Waals surface area contributed by atoms with Crippen molar-refractivity contribution < 1.29 is 38.1 Å². The van der Waals surface area contributed by atoms with Crippen LogP contribution in [0.25, 0.3) is 0 Å². The summed E-state index contributed by atoms with van der Waals surface area (Å²) in [4.78, 5) is 49.2. The van der Waals surface area contributed by atoms with Crippen LogP contribution in [0.1, 0.15) is 35.7 Å². The van der Waals surface area contributed by atoms with E-state index < -0.39 is 36.5 Å². The van der Waals surface area contributed by atoms with Crippen LogP contribution in [-0.2, 0) is 30.3 Å². The van der Waals surface area contributed by atoms with Gasteiger partial charge in [0.2, 0.25) is 0 Å². The molecule has 0 saturated carbocycles. The maximum absolute atomic E-state index is 13.3. The highest BCUT2D eigenvalue weighted by Gasteiger charge is 2.29. The van der Waals surface area contributed by atoms with E-state index in [0.717, 1.165) is 25.5 Å². The molecule has 10 nitrogen and oxygen atoms in total. The van der Waals surface area contributed by atoms with Gasteiger partial charge in [0.25, 0.3) is 5.91 Å². The third-order valence-electron chi connectivity index (χ3n) is 5.13. The number of hydrogen-bond donors (Lipinski definition) is 2. The molecular formula is C26H30Cl2N2O8. The number of carbonyl (C=O) groups excluding carboxylic acids is 4. The molecule has 38 heavy (non-hydrogen) atoms. The number of hydrogen-bond acceptors (Lipinski definition) is 9. The molecule has 0 spiro atoms. The van der Waals surface area contributed by atoms with Crippen molar-refractivity contribution in [1.82, 2.24) is 10.6 Å². The van der Waals surface area contributed by atoms with Crippen LogP contribution in [0.5, 0.6) is 11.5 Å². The van der Waals surface area contributed by atoms with Gasteiger partial charge in [0.15, 0.2) is 18.1 Å². The van der Waals surface area contributed by atoms with Crippen LogP contribution in [0, 0.1) is 0 Å². The van der Waals surface area contributed by atoms with Crippen molar-refractivity contribution >= 4 is 47.0 Å². The summed E-state index contributed by atoms with van der Waals surface area (Å²) < 4.78 is 20.5. The van der Waals surface area contributed by atoms with Crippen molar-refractivity contribution in [2.75, 3.05) is 33.9 Å². The van der Waals surface area contributed by atoms with Gasteiger partial charge < -0.3 is 29.6 Å². The van der Waals surface area contributed by atoms with E-state index in [0.29, 0.717) is 6.42 Å². The molecule has 1 unspecified atom stereocenters. The minimum Gasteiger partial charge on any atom is -0.490 e. The molecule has 0 fully saturated rings. The molecule has 0 heterocycles. The van der Waals surface area contributed by atoms with E-state index in [4.69, 9.17) is 37.4 Å². The largest absolute Gasteiger partial charge is 0.490 e. The van der Waals surface area contributed by atoms with Crippen LogP contribution in [0.15, 0.2) is 36.4 Å². The van der Waals surface area contributed by atoms with Crippen molar-refractivity contribution in [3.63, 3.8) is 0 Å². The standard InChI is InChI=1S/C26H30Cl2N2O8/c1-16(31)37-15-21(32)38-23-18(14-19(27)24(22(23)28)36-12-8-7-11-29-2)25(33)30-20(26(34)35-3)13-17-9-5-4-6-10-17/h4-6,9-10,14,20,29H,7-8,11-13,15H2,1-3H3,(H,30,33). The van der Waals surface area contributed by atoms with Crippen molar-refractivity contribution in [3.05, 3.63) is 57.6 Å². The lowest BCUT2D eigenvalue weighted by Crippen LogP contribution is -2.43. The van der Waals surface area contributed by atoms with E-state index in [9.17, 15) is 19.2 Å². The quantitative estimate of drug-likeness (QED) is 0.200. The summed E-state index contributed by atoms with van der Waals surface area (Å²) in [5.74, 6) is -3.54. The fourth-order valence-electron chi connectivity index (χ4n) is 3.29. The number of nitrogens with one attached hydrogen (secondary N) is 2. The molecular weight excluding hydrogens is 539 g/mol. The molecule has 0 saturated heterocycles. The van der Waals surface area contributed by atoms with Gasteiger partial charge in [-0.25, -0.2) is 9.59 Å². The van der Waals surface area contributed by atoms with Gasteiger partial charge in [0.1, 0.15) is 11.1 Å². The Morgan fingerprint density at radius 3 is 2.37 bits per heavy atom. The number of carbonyl (C=O) groups is 4. The lowest BCUT2D eigenvalue weighted by Gasteiger charge is -2.20. The fourth-order valence-corrected chi connectivity index (χ4v) is 3.89. The van der Waals surface area contributed by atoms with Gasteiger partial charge in [0, 0.05) is 13.3 Å². The first-order valence-corrected chi connectivity index (χ1v) is 12.5. The van der Waals surface area contributed by atoms with Crippen LogP contribution >= 0.6 is 23.2 Å². The van der Waals surface area contributed by atoms with Crippen LogP contribution in [0.4, 0.5) is 0 Å². The number of benzene rings is 2. The number of rotatable bonds is 14. The van der Waals surface area contributed by atoms with Gasteiger partial charge in [-0.2, -0.15) is 0 Å². The lowest BCUT2D eigenvalue weighted by molar-refractivity contribution is -0.152. The Labute approximate surface area is 230 Å². The summed E-state index contributed by atoms with van der Waals surface area (Å²) in [7, 11) is 3.03. The monoisotopic (exact) mass is 568 g/mol. The van der Waals surface area contributed by atoms with E-state index in [1.165, 1.54) is 13.2 Å². The first-order valence-electron chi connectivity index (χ1n) is 11.7. The second kappa shape index (κ2) is 15.8. The maximum Gasteiger partial charge on any atom is 0.349 e. The molecule has 2 N–H and O–H groups in total. The fraction of sp³-hybridized carbons (Fsp3) is 0.385. The number of esters is 3. The zero-order chi connectivity index (χ0) is 28.1. The van der Waals surface area contributed by atoms with E-state index in [-0.39, 0.29) is 40.1 Å². The molecule has 0 aliphatic carbocycles. The topological polar surface area (TPSA) is 129 Å². The molecule has 2 rings (SSSR count). The highest BCUT2D eigenvalue weighted by atomic mass is 35.5. The third-order valence-corrected chi connectivity index (χ3v) is 5.75. The molecule has 0 radical (unpaired) electrons. The normalized spacial score (nSPS) is 11.3. The van der Waals surface area contributed by atoms with Crippen LogP contribution in [0.3, 0.4) is 0 Å². The van der Waals surface area contributed by atoms with Crippen molar-refractivity contribution in [1.29, 1.82) is 0 Å². The molecule has 0 bridgehead atoms. The number of ether oxygens (including phenoxy) is 4. The predicted molar refractivity (Wildman–Crippen MR) is 141 cm³/mol. The Morgan fingerprint density at radius 1 is 1.03 bits per heavy atom. The molecule has 206 valence electrons. The number of amides is 1. The summed E-state index contributed by atoms with van der Waals surface area (Å²) in [6.07, 6.45) is 1.64. The van der Waals surface area contributed by atoms with E-state index >= 15 is 0 Å². The van der Waals surface area contributed by atoms with Gasteiger partial charge in [-0.05, 0) is 38.1 Å². The third kappa shape index (κ3) is 9.51. The summed E-state index contributed by atoms with van der Waals surface area (Å²) in [6, 6.07) is 9.14. The Hall–Kier alpha value is -3.34. The van der Waals surface area contributed by atoms with Gasteiger partial charge in [0.05, 0.1) is 24.3 Å². The van der Waals surface area contributed by atoms with E-state index in [2.05, 4.69) is 15.4 Å². The van der Waals surface area contributed by atoms with Gasteiger partial charge >= 0.3 is 17.9 Å². The highest BCUT2D eigenvalue weighted by Crippen LogP contribution is 2.43. The predicted octanol–water partition coefficient (Wildman–Crippen LogP) is 3.35. The minimum absolute atomic E-state index is 0.00812. The molecule has 2 aromatic rings. The highest BCUT2D eigenvalue weighted by molar-refractivity contribution is 6.39. The van der Waals surface area contributed by atoms with Crippen molar-refractivity contribution in [2.45, 2.75) is 32.2 Å². The first-order chi connectivity index (χ1) is 18.2. The second-order valence-electron chi connectivity index (χ2n) is 8.03. The van der Waals surface area contributed by atoms with Crippen molar-refractivity contribution in [3.8, 4) is 11.5 Å². The molecule has 2 aromatic carbocycles. The van der Waals surface area contributed by atoms with Crippen LogP contribution < -0.4 is 20.1 Å². The number of methoxy groups -OCH3 is 1. The smallest absolute Gasteiger partial charge is 0.349 e. The molecule has 1 amide bonds. The molecule has 1 atom stereocenters. The van der Waals surface area contributed by atoms with E-state index in [1.54, 1.807) is 24.3 Å². The molecule has 0 aliphatic rings. The average Bonchev–Trinajstić information content (AvgIpc) is 2.90. The molecule has 0 aliphatic heterocycles. The van der Waals surface area contributed by atoms with Crippen LogP contribution in [-0.4, -0.2) is 63.8 Å². The Balaban J connectivity index is 2.38. The Morgan fingerprint density at radius 2 is 1.74 bits per heavy atom. The first kappa shape index (κ1) is 30.9. The summed E-state index contributed by atoms with van der Waals surface area (Å²) in [5, 5.41) is 5.37. The van der Waals surface area contributed by atoms with Gasteiger partial charge in [-0.15, -0.1) is 0 Å². The molecule has 0 aromatic heterocycles. The summed E-state index contributed by atoms with van der Waals surface area (Å²) in [5.41, 5.74) is 0.537. The number of unbranched alkanes of at least 4 members (excludes halogenated alkanes) is 1. The average molecular weight is 569 g/mol. The second-order valence-corrected chi connectivity index (χ2v) is 8.82. The SMILES string of the molecule is CNCCCCOc1c(Cl)cc(C(=O)NC(Cc2ccccc2)C(=O)OC)c(OC(=O)COC(C)=O)c1Cl. The lowest BCUT2D eigenvalue weighted by atomic mass is 10.1. The maximum atomic E-state index is 13.3. The summed E-state index contributed by atoms with van der Waals surface area (Å²) in [6.45, 7) is 1.46. The van der Waals surface area contributed by atoms with Crippen LogP contribution in [0.2, 0.25) is 10.0 Å². The zero-order valence-corrected chi connectivity index (χ0v) is 22.8. The number of halogens is 2.